The number of carbonyl (C=O) groups excluding carboxylic acids is 1. The van der Waals surface area contributed by atoms with Crippen molar-refractivity contribution in [1.29, 1.82) is 0 Å². The summed E-state index contributed by atoms with van der Waals surface area (Å²) in [4.78, 5) is 12.4. The minimum atomic E-state index is -0.446. The number of phenolic OH excluding ortho intramolecular Hbond substituents is 2. The molecule has 5 heteroatoms. The normalized spacial score (nSPS) is 10.1. The Balaban J connectivity index is 2.54. The van der Waals surface area contributed by atoms with Crippen LogP contribution in [0.25, 0.3) is 0 Å². The minimum absolute atomic E-state index is 0.0252. The van der Waals surface area contributed by atoms with Gasteiger partial charge in [0, 0.05) is 17.7 Å². The number of hydrogen-bond acceptors (Lipinski definition) is 5. The molecule has 0 aliphatic heterocycles. The Morgan fingerprint density at radius 3 is 2.40 bits per heavy atom. The second kappa shape index (κ2) is 5.52. The van der Waals surface area contributed by atoms with Crippen LogP contribution in [-0.4, -0.2) is 30.2 Å². The predicted molar refractivity (Wildman–Crippen MR) is 72.8 cm³/mol. The van der Waals surface area contributed by atoms with Gasteiger partial charge < -0.3 is 19.7 Å². The number of methoxy groups -OCH3 is 2. The van der Waals surface area contributed by atoms with Crippen molar-refractivity contribution in [3.8, 4) is 23.0 Å². The van der Waals surface area contributed by atoms with Crippen molar-refractivity contribution in [2.24, 2.45) is 0 Å². The third-order valence-electron chi connectivity index (χ3n) is 2.85. The van der Waals surface area contributed by atoms with E-state index in [-0.39, 0.29) is 28.4 Å². The largest absolute Gasteiger partial charge is 0.508 e. The topological polar surface area (TPSA) is 76.0 Å². The van der Waals surface area contributed by atoms with E-state index in [1.807, 2.05) is 0 Å². The lowest BCUT2D eigenvalue weighted by Crippen LogP contribution is -2.05. The number of rotatable bonds is 4. The Bertz CT molecular complexity index is 649. The second-order valence-electron chi connectivity index (χ2n) is 4.10. The highest BCUT2D eigenvalue weighted by Crippen LogP contribution is 2.35. The molecule has 2 aromatic rings. The third kappa shape index (κ3) is 2.51. The molecule has 0 amide bonds. The first-order valence-electron chi connectivity index (χ1n) is 5.85. The molecular weight excluding hydrogens is 260 g/mol. The molecule has 2 N–H and O–H groups in total. The Labute approximate surface area is 116 Å². The highest BCUT2D eigenvalue weighted by atomic mass is 16.5. The van der Waals surface area contributed by atoms with Crippen molar-refractivity contribution in [2.45, 2.75) is 0 Å². The van der Waals surface area contributed by atoms with Crippen molar-refractivity contribution in [3.05, 3.63) is 47.5 Å². The van der Waals surface area contributed by atoms with E-state index < -0.39 is 5.78 Å². The molecule has 2 aromatic carbocycles. The maximum atomic E-state index is 12.4. The summed E-state index contributed by atoms with van der Waals surface area (Å²) in [5.74, 6) is -0.128. The fraction of sp³-hybridized carbons (Fsp3) is 0.133. The number of ketones is 1. The summed E-state index contributed by atoms with van der Waals surface area (Å²) in [6.07, 6.45) is 0. The van der Waals surface area contributed by atoms with Crippen LogP contribution < -0.4 is 9.47 Å². The zero-order valence-electron chi connectivity index (χ0n) is 11.1. The van der Waals surface area contributed by atoms with Crippen LogP contribution in [0, 0.1) is 0 Å². The lowest BCUT2D eigenvalue weighted by molar-refractivity contribution is 0.103. The number of hydrogen-bond donors (Lipinski definition) is 2. The molecule has 0 unspecified atom stereocenters. The van der Waals surface area contributed by atoms with Crippen molar-refractivity contribution < 1.29 is 24.5 Å². The van der Waals surface area contributed by atoms with Gasteiger partial charge in [0.1, 0.15) is 28.6 Å². The SMILES string of the molecule is COc1cc(O)c(C(=O)c2cccc(O)c2)c(OC)c1. The highest BCUT2D eigenvalue weighted by molar-refractivity contribution is 6.12. The van der Waals surface area contributed by atoms with Crippen LogP contribution in [0.3, 0.4) is 0 Å². The van der Waals surface area contributed by atoms with Crippen molar-refractivity contribution in [2.75, 3.05) is 14.2 Å². The average Bonchev–Trinajstić information content (AvgIpc) is 2.45. The molecule has 0 bridgehead atoms. The molecule has 0 atom stereocenters. The zero-order valence-corrected chi connectivity index (χ0v) is 11.1. The zero-order chi connectivity index (χ0) is 14.7. The molecule has 0 radical (unpaired) electrons. The van der Waals surface area contributed by atoms with E-state index in [0.29, 0.717) is 5.75 Å². The molecular formula is C15H14O5. The van der Waals surface area contributed by atoms with Gasteiger partial charge in [0.25, 0.3) is 0 Å². The summed E-state index contributed by atoms with van der Waals surface area (Å²) in [6, 6.07) is 8.72. The second-order valence-corrected chi connectivity index (χ2v) is 4.10. The van der Waals surface area contributed by atoms with Gasteiger partial charge in [-0.15, -0.1) is 0 Å². The number of aromatic hydroxyl groups is 2. The summed E-state index contributed by atoms with van der Waals surface area (Å²) in [5, 5.41) is 19.4. The Kier molecular flexibility index (Phi) is 3.79. The fourth-order valence-corrected chi connectivity index (χ4v) is 1.87. The molecule has 2 rings (SSSR count). The van der Waals surface area contributed by atoms with Gasteiger partial charge in [-0.3, -0.25) is 4.79 Å². The van der Waals surface area contributed by atoms with Crippen molar-refractivity contribution in [3.63, 3.8) is 0 Å². The van der Waals surface area contributed by atoms with Gasteiger partial charge in [-0.05, 0) is 12.1 Å². The maximum absolute atomic E-state index is 12.4. The average molecular weight is 274 g/mol. The fourth-order valence-electron chi connectivity index (χ4n) is 1.87. The first-order chi connectivity index (χ1) is 9.56. The monoisotopic (exact) mass is 274 g/mol. The quantitative estimate of drug-likeness (QED) is 0.837. The van der Waals surface area contributed by atoms with Crippen LogP contribution in [0.4, 0.5) is 0 Å². The van der Waals surface area contributed by atoms with Gasteiger partial charge in [0.05, 0.1) is 14.2 Å². The molecule has 0 heterocycles. The van der Waals surface area contributed by atoms with Gasteiger partial charge in [-0.2, -0.15) is 0 Å². The van der Waals surface area contributed by atoms with E-state index >= 15 is 0 Å². The Hall–Kier alpha value is -2.69. The van der Waals surface area contributed by atoms with E-state index in [0.717, 1.165) is 0 Å². The van der Waals surface area contributed by atoms with E-state index in [1.54, 1.807) is 12.1 Å². The summed E-state index contributed by atoms with van der Waals surface area (Å²) in [5.41, 5.74) is 0.280. The maximum Gasteiger partial charge on any atom is 0.200 e. The molecule has 0 saturated carbocycles. The molecule has 0 spiro atoms. The van der Waals surface area contributed by atoms with Gasteiger partial charge in [0.15, 0.2) is 0 Å². The van der Waals surface area contributed by atoms with E-state index in [2.05, 4.69) is 0 Å². The Morgan fingerprint density at radius 1 is 1.05 bits per heavy atom. The first kappa shape index (κ1) is 13.7. The van der Waals surface area contributed by atoms with Gasteiger partial charge >= 0.3 is 0 Å². The highest BCUT2D eigenvalue weighted by Gasteiger charge is 2.20. The molecule has 0 saturated heterocycles. The number of phenols is 2. The van der Waals surface area contributed by atoms with Crippen LogP contribution in [0.2, 0.25) is 0 Å². The van der Waals surface area contributed by atoms with Crippen molar-refractivity contribution >= 4 is 5.78 Å². The van der Waals surface area contributed by atoms with Crippen LogP contribution in [-0.2, 0) is 0 Å². The number of ether oxygens (including phenoxy) is 2. The van der Waals surface area contributed by atoms with Crippen LogP contribution >= 0.6 is 0 Å². The minimum Gasteiger partial charge on any atom is -0.508 e. The standard InChI is InChI=1S/C15H14O5/c1-19-11-7-12(17)14(13(8-11)20-2)15(18)9-4-3-5-10(16)6-9/h3-8,16-17H,1-2H3. The van der Waals surface area contributed by atoms with Crippen molar-refractivity contribution in [1.82, 2.24) is 0 Å². The summed E-state index contributed by atoms with van der Waals surface area (Å²) < 4.78 is 10.1. The predicted octanol–water partition coefficient (Wildman–Crippen LogP) is 2.35. The first-order valence-corrected chi connectivity index (χ1v) is 5.85. The molecule has 0 fully saturated rings. The smallest absolute Gasteiger partial charge is 0.200 e. The van der Waals surface area contributed by atoms with E-state index in [4.69, 9.17) is 9.47 Å². The van der Waals surface area contributed by atoms with E-state index in [1.165, 1.54) is 38.5 Å². The summed E-state index contributed by atoms with van der Waals surface area (Å²) >= 11 is 0. The van der Waals surface area contributed by atoms with E-state index in [9.17, 15) is 15.0 Å². The Morgan fingerprint density at radius 2 is 1.80 bits per heavy atom. The van der Waals surface area contributed by atoms with Gasteiger partial charge in [0.2, 0.25) is 5.78 Å². The molecule has 0 aliphatic carbocycles. The summed E-state index contributed by atoms with van der Waals surface area (Å²) in [7, 11) is 2.85. The van der Waals surface area contributed by atoms with Gasteiger partial charge in [-0.25, -0.2) is 0 Å². The molecule has 5 nitrogen and oxygen atoms in total. The molecule has 0 aliphatic rings. The van der Waals surface area contributed by atoms with Crippen LogP contribution in [0.1, 0.15) is 15.9 Å². The van der Waals surface area contributed by atoms with Crippen LogP contribution in [0.5, 0.6) is 23.0 Å². The number of carbonyl (C=O) groups is 1. The molecule has 104 valence electrons. The van der Waals surface area contributed by atoms with Crippen LogP contribution in [0.15, 0.2) is 36.4 Å². The lowest BCUT2D eigenvalue weighted by Gasteiger charge is -2.12. The van der Waals surface area contributed by atoms with Gasteiger partial charge in [-0.1, -0.05) is 12.1 Å². The lowest BCUT2D eigenvalue weighted by atomic mass is 10.0. The molecule has 20 heavy (non-hydrogen) atoms. The summed E-state index contributed by atoms with van der Waals surface area (Å²) in [6.45, 7) is 0. The molecule has 0 aromatic heterocycles. The third-order valence-corrected chi connectivity index (χ3v) is 2.85. The number of benzene rings is 2.